The molecule has 0 radical (unpaired) electrons. The molecule has 0 saturated carbocycles. The van der Waals surface area contributed by atoms with Crippen molar-refractivity contribution in [1.82, 2.24) is 9.62 Å². The minimum atomic E-state index is -3.42. The summed E-state index contributed by atoms with van der Waals surface area (Å²) >= 11 is 0. The lowest BCUT2D eigenvalue weighted by atomic mass is 9.97. The molecule has 26 heavy (non-hydrogen) atoms. The van der Waals surface area contributed by atoms with Gasteiger partial charge in [-0.15, -0.1) is 0 Å². The van der Waals surface area contributed by atoms with E-state index in [9.17, 15) is 13.2 Å². The first kappa shape index (κ1) is 18.6. The first-order chi connectivity index (χ1) is 12.4. The number of benzene rings is 2. The number of amides is 1. The molecule has 1 amide bonds. The van der Waals surface area contributed by atoms with Gasteiger partial charge >= 0.3 is 0 Å². The molecule has 2 aromatic rings. The molecule has 0 spiro atoms. The molecule has 1 unspecified atom stereocenters. The van der Waals surface area contributed by atoms with Crippen molar-refractivity contribution in [1.29, 1.82) is 0 Å². The Bertz CT molecular complexity index is 890. The average Bonchev–Trinajstić information content (AvgIpc) is 3.03. The number of rotatable bonds is 6. The van der Waals surface area contributed by atoms with Crippen LogP contribution in [-0.4, -0.2) is 32.7 Å². The first-order valence-corrected chi connectivity index (χ1v) is 10.2. The monoisotopic (exact) mass is 372 g/mol. The van der Waals surface area contributed by atoms with E-state index in [4.69, 9.17) is 0 Å². The maximum atomic E-state index is 12.3. The average molecular weight is 372 g/mol. The number of aryl methyl sites for hydroxylation is 1. The molecule has 1 N–H and O–H groups in total. The van der Waals surface area contributed by atoms with Crippen molar-refractivity contribution < 1.29 is 13.2 Å². The Morgan fingerprint density at radius 1 is 1.12 bits per heavy atom. The Balaban J connectivity index is 1.56. The van der Waals surface area contributed by atoms with E-state index in [0.717, 1.165) is 18.4 Å². The summed E-state index contributed by atoms with van der Waals surface area (Å²) in [6.07, 6.45) is 2.55. The highest BCUT2D eigenvalue weighted by Gasteiger charge is 2.24. The number of nitrogens with zero attached hydrogens (tertiary/aromatic N) is 1. The zero-order chi connectivity index (χ0) is 18.7. The number of nitrogens with one attached hydrogen (secondary N) is 1. The predicted molar refractivity (Wildman–Crippen MR) is 101 cm³/mol. The van der Waals surface area contributed by atoms with Gasteiger partial charge in [-0.1, -0.05) is 36.4 Å². The van der Waals surface area contributed by atoms with Gasteiger partial charge in [0.25, 0.3) is 0 Å². The lowest BCUT2D eigenvalue weighted by molar-refractivity contribution is -0.121. The molecule has 0 bridgehead atoms. The van der Waals surface area contributed by atoms with Crippen LogP contribution in [0.4, 0.5) is 0 Å². The molecule has 0 aliphatic heterocycles. The van der Waals surface area contributed by atoms with Crippen molar-refractivity contribution in [3.05, 3.63) is 65.2 Å². The second-order valence-electron chi connectivity index (χ2n) is 6.85. The SMILES string of the molecule is CN(C)S(=O)(=O)c1ccc(CNC(=O)CC2CCc3ccccc32)cc1. The van der Waals surface area contributed by atoms with Crippen molar-refractivity contribution in [3.63, 3.8) is 0 Å². The normalized spacial score (nSPS) is 16.5. The van der Waals surface area contributed by atoms with Gasteiger partial charge in [-0.2, -0.15) is 0 Å². The molecule has 1 aliphatic carbocycles. The van der Waals surface area contributed by atoms with Crippen LogP contribution in [0.15, 0.2) is 53.4 Å². The third-order valence-corrected chi connectivity index (χ3v) is 6.71. The highest BCUT2D eigenvalue weighted by molar-refractivity contribution is 7.89. The largest absolute Gasteiger partial charge is 0.352 e. The van der Waals surface area contributed by atoms with Crippen LogP contribution in [0.25, 0.3) is 0 Å². The quantitative estimate of drug-likeness (QED) is 0.848. The molecule has 0 aromatic heterocycles. The summed E-state index contributed by atoms with van der Waals surface area (Å²) in [6, 6.07) is 14.9. The Kier molecular flexibility index (Phi) is 5.44. The molecular weight excluding hydrogens is 348 g/mol. The first-order valence-electron chi connectivity index (χ1n) is 8.74. The van der Waals surface area contributed by atoms with Crippen LogP contribution in [0.5, 0.6) is 0 Å². The number of carbonyl (C=O) groups is 1. The van der Waals surface area contributed by atoms with E-state index in [1.54, 1.807) is 24.3 Å². The standard InChI is InChI=1S/C20H24N2O3S/c1-22(2)26(24,25)18-11-7-15(8-12-18)14-21-20(23)13-17-10-9-16-5-3-4-6-19(16)17/h3-8,11-12,17H,9-10,13-14H2,1-2H3,(H,21,23). The molecular formula is C20H24N2O3S. The molecule has 5 nitrogen and oxygen atoms in total. The molecule has 0 fully saturated rings. The third kappa shape index (κ3) is 3.97. The Morgan fingerprint density at radius 3 is 2.50 bits per heavy atom. The third-order valence-electron chi connectivity index (χ3n) is 4.88. The summed E-state index contributed by atoms with van der Waals surface area (Å²) in [6.45, 7) is 0.398. The van der Waals surface area contributed by atoms with Crippen LogP contribution >= 0.6 is 0 Å². The van der Waals surface area contributed by atoms with Crippen molar-refractivity contribution >= 4 is 15.9 Å². The summed E-state index contributed by atoms with van der Waals surface area (Å²) in [7, 11) is -0.414. The molecule has 6 heteroatoms. The van der Waals surface area contributed by atoms with Gasteiger partial charge in [0.2, 0.25) is 15.9 Å². The minimum Gasteiger partial charge on any atom is -0.352 e. The van der Waals surface area contributed by atoms with Crippen LogP contribution < -0.4 is 5.32 Å². The van der Waals surface area contributed by atoms with E-state index >= 15 is 0 Å². The fourth-order valence-electron chi connectivity index (χ4n) is 3.34. The minimum absolute atomic E-state index is 0.0247. The molecule has 138 valence electrons. The highest BCUT2D eigenvalue weighted by Crippen LogP contribution is 2.35. The van der Waals surface area contributed by atoms with E-state index in [1.165, 1.54) is 29.5 Å². The smallest absolute Gasteiger partial charge is 0.242 e. The van der Waals surface area contributed by atoms with Gasteiger partial charge in [0.1, 0.15) is 0 Å². The topological polar surface area (TPSA) is 66.5 Å². The van der Waals surface area contributed by atoms with Gasteiger partial charge in [0.05, 0.1) is 4.90 Å². The number of sulfonamides is 1. The van der Waals surface area contributed by atoms with Crippen molar-refractivity contribution in [2.24, 2.45) is 0 Å². The second-order valence-corrected chi connectivity index (χ2v) is 9.00. The maximum Gasteiger partial charge on any atom is 0.242 e. The van der Waals surface area contributed by atoms with Crippen molar-refractivity contribution in [2.75, 3.05) is 14.1 Å². The zero-order valence-electron chi connectivity index (χ0n) is 15.1. The van der Waals surface area contributed by atoms with Crippen LogP contribution in [0.3, 0.4) is 0 Å². The van der Waals surface area contributed by atoms with E-state index < -0.39 is 10.0 Å². The van der Waals surface area contributed by atoms with Crippen LogP contribution in [0.1, 0.15) is 35.4 Å². The zero-order valence-corrected chi connectivity index (χ0v) is 15.9. The van der Waals surface area contributed by atoms with E-state index in [-0.39, 0.29) is 10.8 Å². The van der Waals surface area contributed by atoms with Gasteiger partial charge in [0.15, 0.2) is 0 Å². The van der Waals surface area contributed by atoms with Gasteiger partial charge < -0.3 is 5.32 Å². The lowest BCUT2D eigenvalue weighted by Gasteiger charge is -2.13. The molecule has 3 rings (SSSR count). The van der Waals surface area contributed by atoms with E-state index in [1.807, 2.05) is 12.1 Å². The summed E-state index contributed by atoms with van der Waals surface area (Å²) in [5.74, 6) is 0.315. The van der Waals surface area contributed by atoms with Crippen LogP contribution in [0.2, 0.25) is 0 Å². The maximum absolute atomic E-state index is 12.3. The van der Waals surface area contributed by atoms with Crippen LogP contribution in [-0.2, 0) is 27.8 Å². The van der Waals surface area contributed by atoms with E-state index in [2.05, 4.69) is 17.4 Å². The van der Waals surface area contributed by atoms with Crippen LogP contribution in [0, 0.1) is 0 Å². The van der Waals surface area contributed by atoms with E-state index in [0.29, 0.717) is 18.9 Å². The lowest BCUT2D eigenvalue weighted by Crippen LogP contribution is -2.24. The number of hydrogen-bond acceptors (Lipinski definition) is 3. The van der Waals surface area contributed by atoms with Gasteiger partial charge in [-0.3, -0.25) is 4.79 Å². The molecule has 2 aromatic carbocycles. The number of fused-ring (bicyclic) bond motifs is 1. The van der Waals surface area contributed by atoms with Gasteiger partial charge in [0, 0.05) is 27.1 Å². The fraction of sp³-hybridized carbons (Fsp3) is 0.350. The molecule has 1 aliphatic rings. The summed E-state index contributed by atoms with van der Waals surface area (Å²) in [5, 5.41) is 2.94. The Hall–Kier alpha value is -2.18. The molecule has 0 saturated heterocycles. The highest BCUT2D eigenvalue weighted by atomic mass is 32.2. The van der Waals surface area contributed by atoms with Crippen molar-refractivity contribution in [2.45, 2.75) is 36.6 Å². The fourth-order valence-corrected chi connectivity index (χ4v) is 4.25. The number of hydrogen-bond donors (Lipinski definition) is 1. The Labute approximate surface area is 155 Å². The van der Waals surface area contributed by atoms with Gasteiger partial charge in [-0.25, -0.2) is 12.7 Å². The summed E-state index contributed by atoms with van der Waals surface area (Å²) in [4.78, 5) is 12.5. The second kappa shape index (κ2) is 7.60. The molecule has 1 atom stereocenters. The Morgan fingerprint density at radius 2 is 1.81 bits per heavy atom. The molecule has 0 heterocycles. The number of carbonyl (C=O) groups excluding carboxylic acids is 1. The predicted octanol–water partition coefficient (Wildman–Crippen LogP) is 2.67. The van der Waals surface area contributed by atoms with Gasteiger partial charge in [-0.05, 0) is 47.6 Å². The summed E-state index contributed by atoms with van der Waals surface area (Å²) in [5.41, 5.74) is 3.52. The summed E-state index contributed by atoms with van der Waals surface area (Å²) < 4.78 is 25.3. The van der Waals surface area contributed by atoms with Crippen molar-refractivity contribution in [3.8, 4) is 0 Å².